The molecule has 98 valence electrons. The van der Waals surface area contributed by atoms with E-state index in [-0.39, 0.29) is 12.4 Å². The van der Waals surface area contributed by atoms with E-state index in [0.717, 1.165) is 0 Å². The second-order valence-corrected chi connectivity index (χ2v) is 3.65. The molecule has 0 aromatic heterocycles. The fourth-order valence-electron chi connectivity index (χ4n) is 1.41. The van der Waals surface area contributed by atoms with E-state index in [4.69, 9.17) is 16.2 Å². The van der Waals surface area contributed by atoms with E-state index >= 15 is 0 Å². The molecule has 0 aliphatic rings. The van der Waals surface area contributed by atoms with Crippen molar-refractivity contribution in [3.8, 4) is 0 Å². The van der Waals surface area contributed by atoms with E-state index in [1.54, 1.807) is 19.1 Å². The zero-order valence-electron chi connectivity index (χ0n) is 10.2. The van der Waals surface area contributed by atoms with E-state index < -0.39 is 5.91 Å². The van der Waals surface area contributed by atoms with E-state index in [0.29, 0.717) is 30.1 Å². The van der Waals surface area contributed by atoms with Crippen LogP contribution in [0.5, 0.6) is 0 Å². The summed E-state index contributed by atoms with van der Waals surface area (Å²) in [5, 5.41) is 2.99. The Balaban J connectivity index is 2.53. The Morgan fingerprint density at radius 1 is 1.39 bits per heavy atom. The first kappa shape index (κ1) is 13.8. The predicted molar refractivity (Wildman–Crippen MR) is 69.1 cm³/mol. The number of nitrogen functional groups attached to an aromatic ring is 1. The lowest BCUT2D eigenvalue weighted by atomic mass is 10.1. The molecule has 1 amide bonds. The highest BCUT2D eigenvalue weighted by atomic mass is 16.5. The maximum Gasteiger partial charge on any atom is 0.307 e. The molecule has 5 N–H and O–H groups in total. The van der Waals surface area contributed by atoms with Crippen LogP contribution in [0.2, 0.25) is 0 Å². The van der Waals surface area contributed by atoms with Crippen molar-refractivity contribution in [2.24, 2.45) is 5.73 Å². The van der Waals surface area contributed by atoms with Crippen molar-refractivity contribution in [2.45, 2.75) is 13.3 Å². The summed E-state index contributed by atoms with van der Waals surface area (Å²) < 4.78 is 4.79. The molecule has 0 saturated carbocycles. The Bertz CT molecular complexity index is 446. The van der Waals surface area contributed by atoms with Gasteiger partial charge in [-0.1, -0.05) is 0 Å². The number of anilines is 2. The van der Waals surface area contributed by atoms with Gasteiger partial charge in [0.15, 0.2) is 0 Å². The minimum absolute atomic E-state index is 0.255. The number of rotatable bonds is 6. The number of hydrogen-bond donors (Lipinski definition) is 3. The summed E-state index contributed by atoms with van der Waals surface area (Å²) in [4.78, 5) is 22.0. The SMILES string of the molecule is CCOC(=O)CCNc1ccc(C(N)=O)cc1N. The lowest BCUT2D eigenvalue weighted by molar-refractivity contribution is -0.142. The molecule has 1 rings (SSSR count). The Kier molecular flexibility index (Phi) is 4.98. The third-order valence-corrected chi connectivity index (χ3v) is 2.29. The highest BCUT2D eigenvalue weighted by molar-refractivity contribution is 5.94. The minimum Gasteiger partial charge on any atom is -0.466 e. The summed E-state index contributed by atoms with van der Waals surface area (Å²) in [6, 6.07) is 4.72. The quantitative estimate of drug-likeness (QED) is 0.510. The van der Waals surface area contributed by atoms with E-state index in [1.165, 1.54) is 6.07 Å². The number of ether oxygens (including phenoxy) is 1. The number of nitrogens with two attached hydrogens (primary N) is 2. The van der Waals surface area contributed by atoms with Crippen LogP contribution in [0.25, 0.3) is 0 Å². The highest BCUT2D eigenvalue weighted by Crippen LogP contribution is 2.19. The summed E-state index contributed by atoms with van der Waals surface area (Å²) in [7, 11) is 0. The standard InChI is InChI=1S/C12H17N3O3/c1-2-18-11(16)5-6-15-10-4-3-8(12(14)17)7-9(10)13/h3-4,7,15H,2,5-6,13H2,1H3,(H2,14,17). The number of benzene rings is 1. The molecule has 18 heavy (non-hydrogen) atoms. The Hall–Kier alpha value is -2.24. The van der Waals surface area contributed by atoms with E-state index in [9.17, 15) is 9.59 Å². The van der Waals surface area contributed by atoms with Crippen LogP contribution in [0.15, 0.2) is 18.2 Å². The molecular formula is C12H17N3O3. The average molecular weight is 251 g/mol. The molecule has 0 bridgehead atoms. The molecule has 1 aromatic rings. The first-order chi connectivity index (χ1) is 8.54. The molecule has 0 radical (unpaired) electrons. The van der Waals surface area contributed by atoms with Crippen molar-refractivity contribution in [2.75, 3.05) is 24.2 Å². The Morgan fingerprint density at radius 3 is 2.67 bits per heavy atom. The van der Waals surface area contributed by atoms with Gasteiger partial charge in [0.1, 0.15) is 0 Å². The van der Waals surface area contributed by atoms with Gasteiger partial charge in [0, 0.05) is 12.1 Å². The second kappa shape index (κ2) is 6.48. The zero-order chi connectivity index (χ0) is 13.5. The molecule has 1 aromatic carbocycles. The molecule has 0 saturated heterocycles. The summed E-state index contributed by atoms with van der Waals surface area (Å²) in [5.41, 5.74) is 12.3. The number of primary amides is 1. The van der Waals surface area contributed by atoms with Crippen LogP contribution in [0.4, 0.5) is 11.4 Å². The van der Waals surface area contributed by atoms with Gasteiger partial charge in [-0.05, 0) is 25.1 Å². The predicted octanol–water partition coefficient (Wildman–Crippen LogP) is 0.733. The molecule has 0 unspecified atom stereocenters. The largest absolute Gasteiger partial charge is 0.466 e. The second-order valence-electron chi connectivity index (χ2n) is 3.65. The van der Waals surface area contributed by atoms with Crippen LogP contribution in [0, 0.1) is 0 Å². The Morgan fingerprint density at radius 2 is 2.11 bits per heavy atom. The van der Waals surface area contributed by atoms with Crippen molar-refractivity contribution >= 4 is 23.3 Å². The molecule has 6 nitrogen and oxygen atoms in total. The van der Waals surface area contributed by atoms with Crippen molar-refractivity contribution in [3.63, 3.8) is 0 Å². The third-order valence-electron chi connectivity index (χ3n) is 2.29. The average Bonchev–Trinajstić information content (AvgIpc) is 2.31. The van der Waals surface area contributed by atoms with Crippen LogP contribution in [-0.2, 0) is 9.53 Å². The number of carbonyl (C=O) groups is 2. The number of carbonyl (C=O) groups excluding carboxylic acids is 2. The number of nitrogens with one attached hydrogen (secondary N) is 1. The maximum absolute atomic E-state index is 11.1. The highest BCUT2D eigenvalue weighted by Gasteiger charge is 2.05. The lowest BCUT2D eigenvalue weighted by Gasteiger charge is -2.09. The number of hydrogen-bond acceptors (Lipinski definition) is 5. The monoisotopic (exact) mass is 251 g/mol. The molecule has 0 spiro atoms. The summed E-state index contributed by atoms with van der Waals surface area (Å²) >= 11 is 0. The fraction of sp³-hybridized carbons (Fsp3) is 0.333. The van der Waals surface area contributed by atoms with Gasteiger partial charge < -0.3 is 21.5 Å². The molecular weight excluding hydrogens is 234 g/mol. The Labute approximate surface area is 105 Å². The van der Waals surface area contributed by atoms with Crippen LogP contribution >= 0.6 is 0 Å². The first-order valence-electron chi connectivity index (χ1n) is 5.63. The fourth-order valence-corrected chi connectivity index (χ4v) is 1.41. The molecule has 6 heteroatoms. The van der Waals surface area contributed by atoms with E-state index in [2.05, 4.69) is 5.32 Å². The van der Waals surface area contributed by atoms with Crippen molar-refractivity contribution in [1.29, 1.82) is 0 Å². The van der Waals surface area contributed by atoms with Gasteiger partial charge in [0.05, 0.1) is 24.4 Å². The van der Waals surface area contributed by atoms with Crippen LogP contribution < -0.4 is 16.8 Å². The zero-order valence-corrected chi connectivity index (χ0v) is 10.2. The third kappa shape index (κ3) is 3.97. The van der Waals surface area contributed by atoms with Crippen LogP contribution in [-0.4, -0.2) is 25.0 Å². The van der Waals surface area contributed by atoms with Gasteiger partial charge in [-0.2, -0.15) is 0 Å². The molecule has 0 aliphatic carbocycles. The van der Waals surface area contributed by atoms with Gasteiger partial charge in [0.2, 0.25) is 5.91 Å². The molecule has 0 aliphatic heterocycles. The number of esters is 1. The van der Waals surface area contributed by atoms with Gasteiger partial charge in [-0.25, -0.2) is 0 Å². The molecule has 0 atom stereocenters. The van der Waals surface area contributed by atoms with E-state index in [1.807, 2.05) is 0 Å². The number of amides is 1. The smallest absolute Gasteiger partial charge is 0.307 e. The van der Waals surface area contributed by atoms with Crippen molar-refractivity contribution < 1.29 is 14.3 Å². The lowest BCUT2D eigenvalue weighted by Crippen LogP contribution is -2.14. The summed E-state index contributed by atoms with van der Waals surface area (Å²) in [5.74, 6) is -0.794. The van der Waals surface area contributed by atoms with Crippen molar-refractivity contribution in [3.05, 3.63) is 23.8 Å². The first-order valence-corrected chi connectivity index (χ1v) is 5.63. The van der Waals surface area contributed by atoms with Gasteiger partial charge >= 0.3 is 5.97 Å². The maximum atomic E-state index is 11.1. The van der Waals surface area contributed by atoms with Crippen molar-refractivity contribution in [1.82, 2.24) is 0 Å². The normalized spacial score (nSPS) is 9.83. The summed E-state index contributed by atoms with van der Waals surface area (Å²) in [6.45, 7) is 2.54. The van der Waals surface area contributed by atoms with Crippen LogP contribution in [0.1, 0.15) is 23.7 Å². The van der Waals surface area contributed by atoms with Crippen LogP contribution in [0.3, 0.4) is 0 Å². The van der Waals surface area contributed by atoms with Gasteiger partial charge in [0.25, 0.3) is 0 Å². The topological polar surface area (TPSA) is 107 Å². The summed E-state index contributed by atoms with van der Waals surface area (Å²) in [6.07, 6.45) is 0.255. The molecule has 0 fully saturated rings. The minimum atomic E-state index is -0.528. The van der Waals surface area contributed by atoms with Gasteiger partial charge in [-0.15, -0.1) is 0 Å². The molecule has 0 heterocycles. The van der Waals surface area contributed by atoms with Gasteiger partial charge in [-0.3, -0.25) is 9.59 Å².